The van der Waals surface area contributed by atoms with Gasteiger partial charge in [0, 0.05) is 0 Å². The molecule has 0 aliphatic heterocycles. The normalized spacial score (nSPS) is 18.8. The van der Waals surface area contributed by atoms with Crippen molar-refractivity contribution in [1.82, 2.24) is 6.15 Å². The highest BCUT2D eigenvalue weighted by Crippen LogP contribution is 2.40. The van der Waals surface area contributed by atoms with Crippen molar-refractivity contribution in [3.63, 3.8) is 0 Å². The van der Waals surface area contributed by atoms with Crippen molar-refractivity contribution in [2.75, 3.05) is 0 Å². The molecule has 0 amide bonds. The summed E-state index contributed by atoms with van der Waals surface area (Å²) in [6.45, 7) is 2.19. The molecule has 96 valence electrons. The summed E-state index contributed by atoms with van der Waals surface area (Å²) in [5.74, 6) is -0.543. The van der Waals surface area contributed by atoms with Gasteiger partial charge in [-0.2, -0.15) is 0 Å². The fraction of sp³-hybridized carbons (Fsp3) is 0.923. The Morgan fingerprint density at radius 2 is 1.75 bits per heavy atom. The number of aliphatic carboxylic acids is 1. The number of unbranched alkanes of at least 4 members (excludes halogenated alkanes) is 3. The van der Waals surface area contributed by atoms with Crippen molar-refractivity contribution in [3.8, 4) is 0 Å². The van der Waals surface area contributed by atoms with E-state index in [0.29, 0.717) is 0 Å². The molecule has 1 aliphatic rings. The first kappa shape index (κ1) is 15.4. The van der Waals surface area contributed by atoms with Crippen molar-refractivity contribution in [2.24, 2.45) is 5.41 Å². The minimum Gasteiger partial charge on any atom is -0.481 e. The van der Waals surface area contributed by atoms with Gasteiger partial charge in [0.05, 0.1) is 5.41 Å². The Labute approximate surface area is 99.2 Å². The number of hydrogen-bond acceptors (Lipinski definition) is 2. The van der Waals surface area contributed by atoms with Crippen LogP contribution in [0.1, 0.15) is 71.1 Å². The lowest BCUT2D eigenvalue weighted by Gasteiger charge is -2.33. The quantitative estimate of drug-likeness (QED) is 0.672. The molecule has 1 rings (SSSR count). The van der Waals surface area contributed by atoms with Crippen LogP contribution in [0.2, 0.25) is 0 Å². The van der Waals surface area contributed by atoms with Crippen LogP contribution in [0.3, 0.4) is 0 Å². The number of carbonyl (C=O) groups is 1. The molecule has 3 nitrogen and oxygen atoms in total. The summed E-state index contributed by atoms with van der Waals surface area (Å²) in [5.41, 5.74) is -0.355. The number of rotatable bonds is 6. The average Bonchev–Trinajstić information content (AvgIpc) is 2.26. The summed E-state index contributed by atoms with van der Waals surface area (Å²) in [7, 11) is 0. The smallest absolute Gasteiger partial charge is 0.309 e. The lowest BCUT2D eigenvalue weighted by molar-refractivity contribution is -0.151. The van der Waals surface area contributed by atoms with E-state index in [1.807, 2.05) is 0 Å². The van der Waals surface area contributed by atoms with Crippen LogP contribution in [-0.2, 0) is 4.79 Å². The molecule has 4 N–H and O–H groups in total. The monoisotopic (exact) mass is 229 g/mol. The van der Waals surface area contributed by atoms with E-state index in [1.54, 1.807) is 0 Å². The molecule has 0 saturated heterocycles. The van der Waals surface area contributed by atoms with Gasteiger partial charge in [0.1, 0.15) is 0 Å². The van der Waals surface area contributed by atoms with E-state index in [9.17, 15) is 9.90 Å². The van der Waals surface area contributed by atoms with Gasteiger partial charge >= 0.3 is 5.97 Å². The van der Waals surface area contributed by atoms with Gasteiger partial charge in [-0.05, 0) is 19.3 Å². The van der Waals surface area contributed by atoms with Crippen LogP contribution in [0.25, 0.3) is 0 Å². The van der Waals surface area contributed by atoms with Crippen molar-refractivity contribution < 1.29 is 9.90 Å². The summed E-state index contributed by atoms with van der Waals surface area (Å²) in [4.78, 5) is 11.3. The summed E-state index contributed by atoms with van der Waals surface area (Å²) < 4.78 is 0. The maximum absolute atomic E-state index is 11.3. The van der Waals surface area contributed by atoms with Gasteiger partial charge in [-0.3, -0.25) is 4.79 Å². The molecule has 1 saturated carbocycles. The molecule has 0 unspecified atom stereocenters. The van der Waals surface area contributed by atoms with Gasteiger partial charge in [0.2, 0.25) is 0 Å². The zero-order valence-electron chi connectivity index (χ0n) is 10.6. The standard InChI is InChI=1S/C13H24O2.H3N/c1-2-3-4-6-9-13(12(14)15)10-7-5-8-11-13;/h2-11H2,1H3,(H,14,15);1H3. The summed E-state index contributed by atoms with van der Waals surface area (Å²) >= 11 is 0. The lowest BCUT2D eigenvalue weighted by atomic mass is 9.71. The number of carboxylic acid groups (broad SMARTS) is 1. The molecule has 0 bridgehead atoms. The molecule has 0 radical (unpaired) electrons. The van der Waals surface area contributed by atoms with Gasteiger partial charge in [-0.15, -0.1) is 0 Å². The van der Waals surface area contributed by atoms with Crippen molar-refractivity contribution in [2.45, 2.75) is 71.1 Å². The van der Waals surface area contributed by atoms with Crippen molar-refractivity contribution in [3.05, 3.63) is 0 Å². The first-order valence-corrected chi connectivity index (χ1v) is 6.45. The summed E-state index contributed by atoms with van der Waals surface area (Å²) in [5, 5.41) is 9.35. The van der Waals surface area contributed by atoms with Crippen LogP contribution in [0, 0.1) is 5.41 Å². The van der Waals surface area contributed by atoms with E-state index in [1.165, 1.54) is 25.7 Å². The van der Waals surface area contributed by atoms with E-state index in [4.69, 9.17) is 0 Å². The fourth-order valence-corrected chi connectivity index (χ4v) is 2.69. The van der Waals surface area contributed by atoms with Crippen molar-refractivity contribution >= 4 is 5.97 Å². The van der Waals surface area contributed by atoms with E-state index >= 15 is 0 Å². The van der Waals surface area contributed by atoms with E-state index < -0.39 is 5.97 Å². The van der Waals surface area contributed by atoms with Gasteiger partial charge in [0.15, 0.2) is 0 Å². The van der Waals surface area contributed by atoms with E-state index in [0.717, 1.165) is 38.5 Å². The van der Waals surface area contributed by atoms with Crippen LogP contribution < -0.4 is 6.15 Å². The minimum atomic E-state index is -0.543. The maximum Gasteiger partial charge on any atom is 0.309 e. The fourth-order valence-electron chi connectivity index (χ4n) is 2.69. The van der Waals surface area contributed by atoms with Gasteiger partial charge in [-0.1, -0.05) is 51.9 Å². The third kappa shape index (κ3) is 4.12. The second kappa shape index (κ2) is 7.66. The Morgan fingerprint density at radius 3 is 2.25 bits per heavy atom. The second-order valence-corrected chi connectivity index (χ2v) is 4.96. The average molecular weight is 229 g/mol. The van der Waals surface area contributed by atoms with Crippen LogP contribution in [0.5, 0.6) is 0 Å². The molecule has 0 spiro atoms. The molecular formula is C13H27NO2. The molecule has 0 heterocycles. The third-order valence-electron chi connectivity index (χ3n) is 3.77. The zero-order chi connectivity index (χ0) is 11.1. The first-order chi connectivity index (χ1) is 7.21. The number of hydrogen-bond donors (Lipinski definition) is 2. The first-order valence-electron chi connectivity index (χ1n) is 6.45. The Bertz CT molecular complexity index is 198. The largest absolute Gasteiger partial charge is 0.481 e. The molecule has 0 aromatic rings. The lowest BCUT2D eigenvalue weighted by Crippen LogP contribution is -2.33. The third-order valence-corrected chi connectivity index (χ3v) is 3.77. The van der Waals surface area contributed by atoms with Gasteiger partial charge in [0.25, 0.3) is 0 Å². The van der Waals surface area contributed by atoms with Gasteiger partial charge < -0.3 is 11.3 Å². The second-order valence-electron chi connectivity index (χ2n) is 4.96. The summed E-state index contributed by atoms with van der Waals surface area (Å²) in [6, 6.07) is 0. The molecule has 3 heteroatoms. The topological polar surface area (TPSA) is 72.3 Å². The van der Waals surface area contributed by atoms with Crippen LogP contribution in [-0.4, -0.2) is 11.1 Å². The van der Waals surface area contributed by atoms with E-state index in [-0.39, 0.29) is 11.6 Å². The molecule has 16 heavy (non-hydrogen) atoms. The molecule has 0 atom stereocenters. The highest BCUT2D eigenvalue weighted by Gasteiger charge is 2.38. The zero-order valence-corrected chi connectivity index (χ0v) is 10.6. The Hall–Kier alpha value is -0.570. The highest BCUT2D eigenvalue weighted by atomic mass is 16.4. The molecule has 1 fully saturated rings. The van der Waals surface area contributed by atoms with Crippen molar-refractivity contribution in [1.29, 1.82) is 0 Å². The van der Waals surface area contributed by atoms with Crippen LogP contribution in [0.4, 0.5) is 0 Å². The predicted molar refractivity (Wildman–Crippen MR) is 66.9 cm³/mol. The molecular weight excluding hydrogens is 202 g/mol. The number of carboxylic acids is 1. The molecule has 0 aromatic heterocycles. The minimum absolute atomic E-state index is 0. The van der Waals surface area contributed by atoms with E-state index in [2.05, 4.69) is 6.92 Å². The van der Waals surface area contributed by atoms with Crippen LogP contribution in [0.15, 0.2) is 0 Å². The molecule has 0 aromatic carbocycles. The predicted octanol–water partition coefficient (Wildman–Crippen LogP) is 4.15. The Kier molecular flexibility index (Phi) is 7.39. The Balaban J connectivity index is 0.00000225. The van der Waals surface area contributed by atoms with Gasteiger partial charge in [-0.25, -0.2) is 0 Å². The van der Waals surface area contributed by atoms with Crippen LogP contribution >= 0.6 is 0 Å². The summed E-state index contributed by atoms with van der Waals surface area (Å²) in [6.07, 6.45) is 10.9. The molecule has 1 aliphatic carbocycles. The Morgan fingerprint density at radius 1 is 1.12 bits per heavy atom. The maximum atomic E-state index is 11.3. The SMILES string of the molecule is CCCCCCC1(C(=O)O)CCCCC1.N. The highest BCUT2D eigenvalue weighted by molar-refractivity contribution is 5.74.